The van der Waals surface area contributed by atoms with Gasteiger partial charge in [-0.1, -0.05) is 12.1 Å². The average Bonchev–Trinajstić information content (AvgIpc) is 3.62. The maximum absolute atomic E-state index is 5.05. The Hall–Kier alpha value is -2.49. The zero-order valence-corrected chi connectivity index (χ0v) is 20.7. The molecule has 1 aliphatic rings. The van der Waals surface area contributed by atoms with Crippen LogP contribution in [0.2, 0.25) is 0 Å². The minimum absolute atomic E-state index is 0.691. The Labute approximate surface area is 205 Å². The monoisotopic (exact) mass is 489 g/mol. The molecule has 0 bridgehead atoms. The molecule has 5 aromatic rings. The number of likely N-dealkylation sites (N-methyl/N-ethyl adjacent to an activating group) is 1. The number of thiophene rings is 3. The number of hydrogen-bond donors (Lipinski definition) is 0. The molecule has 5 aromatic heterocycles. The van der Waals surface area contributed by atoms with Crippen LogP contribution in [0.25, 0.3) is 42.7 Å². The van der Waals surface area contributed by atoms with Gasteiger partial charge in [0.05, 0.1) is 9.75 Å². The van der Waals surface area contributed by atoms with E-state index in [1.807, 2.05) is 17.5 Å². The van der Waals surface area contributed by atoms with Gasteiger partial charge in [0.1, 0.15) is 16.9 Å². The van der Waals surface area contributed by atoms with Crippen LogP contribution in [-0.4, -0.2) is 58.0 Å². The molecule has 6 rings (SSSR count). The summed E-state index contributed by atoms with van der Waals surface area (Å²) in [5.41, 5.74) is 4.47. The van der Waals surface area contributed by atoms with Gasteiger partial charge < -0.3 is 4.90 Å². The summed E-state index contributed by atoms with van der Waals surface area (Å²) in [5.74, 6) is 0. The van der Waals surface area contributed by atoms with Crippen molar-refractivity contribution in [2.24, 2.45) is 0 Å². The summed E-state index contributed by atoms with van der Waals surface area (Å²) in [7, 11) is 2.20. The van der Waals surface area contributed by atoms with Crippen LogP contribution in [-0.2, 0) is 6.54 Å². The minimum Gasteiger partial charge on any atom is -0.304 e. The number of rotatable bonds is 5. The first-order valence-corrected chi connectivity index (χ1v) is 13.6. The van der Waals surface area contributed by atoms with Gasteiger partial charge in [-0.2, -0.15) is 0 Å². The highest BCUT2D eigenvalue weighted by Gasteiger charge is 2.17. The van der Waals surface area contributed by atoms with Crippen molar-refractivity contribution in [3.63, 3.8) is 0 Å². The Kier molecular flexibility index (Phi) is 5.77. The van der Waals surface area contributed by atoms with Crippen molar-refractivity contribution in [1.29, 1.82) is 0 Å². The molecule has 5 nitrogen and oxygen atoms in total. The second kappa shape index (κ2) is 9.04. The van der Waals surface area contributed by atoms with Crippen LogP contribution in [0.5, 0.6) is 0 Å². The number of piperazine rings is 1. The zero-order chi connectivity index (χ0) is 22.2. The van der Waals surface area contributed by atoms with Gasteiger partial charge in [-0.3, -0.25) is 4.90 Å². The van der Waals surface area contributed by atoms with Gasteiger partial charge in [0.15, 0.2) is 5.65 Å². The van der Waals surface area contributed by atoms with Crippen LogP contribution in [0.3, 0.4) is 0 Å². The van der Waals surface area contributed by atoms with E-state index < -0.39 is 0 Å². The van der Waals surface area contributed by atoms with Gasteiger partial charge in [0, 0.05) is 54.2 Å². The van der Waals surface area contributed by atoms with Gasteiger partial charge in [0.2, 0.25) is 0 Å². The van der Waals surface area contributed by atoms with E-state index >= 15 is 0 Å². The molecular weight excluding hydrogens is 467 g/mol. The van der Waals surface area contributed by atoms with Gasteiger partial charge >= 0.3 is 0 Å². The summed E-state index contributed by atoms with van der Waals surface area (Å²) in [4.78, 5) is 24.5. The fourth-order valence-electron chi connectivity index (χ4n) is 4.10. The van der Waals surface area contributed by atoms with Crippen molar-refractivity contribution in [2.45, 2.75) is 6.54 Å². The summed E-state index contributed by atoms with van der Waals surface area (Å²) in [6, 6.07) is 14.9. The third-order valence-corrected chi connectivity index (χ3v) is 8.82. The normalized spacial score (nSPS) is 15.4. The summed E-state index contributed by atoms with van der Waals surface area (Å²) in [5, 5.41) is 4.16. The molecule has 0 saturated carbocycles. The first-order chi connectivity index (χ1) is 16.2. The van der Waals surface area contributed by atoms with Crippen LogP contribution < -0.4 is 0 Å². The van der Waals surface area contributed by atoms with Gasteiger partial charge in [0.25, 0.3) is 0 Å². The van der Waals surface area contributed by atoms with E-state index in [-0.39, 0.29) is 0 Å². The third kappa shape index (κ3) is 4.37. The summed E-state index contributed by atoms with van der Waals surface area (Å²) in [6.45, 7) is 5.58. The molecule has 8 heteroatoms. The van der Waals surface area contributed by atoms with Gasteiger partial charge in [-0.05, 0) is 48.1 Å². The highest BCUT2D eigenvalue weighted by Crippen LogP contribution is 2.36. The highest BCUT2D eigenvalue weighted by atomic mass is 32.1. The fourth-order valence-corrected chi connectivity index (χ4v) is 6.56. The molecule has 0 spiro atoms. The lowest BCUT2D eigenvalue weighted by atomic mass is 10.2. The number of hydrogen-bond acceptors (Lipinski definition) is 8. The second-order valence-corrected chi connectivity index (χ2v) is 11.4. The molecular formula is C25H23N5S3. The van der Waals surface area contributed by atoms with Gasteiger partial charge in [-0.15, -0.1) is 34.0 Å². The highest BCUT2D eigenvalue weighted by molar-refractivity contribution is 7.15. The largest absolute Gasteiger partial charge is 0.304 e. The standard InChI is InChI=1S/C25H23N5S3/c1-29-8-10-30(11-9-29)16-18-6-7-20(33-18)17-14-19-25(26-15-17)28-24(22-5-3-13-32-22)23(27-19)21-4-2-12-31-21/h2-7,12-15H,8-11,16H2,1H3. The molecule has 1 aliphatic heterocycles. The lowest BCUT2D eigenvalue weighted by Crippen LogP contribution is -2.43. The van der Waals surface area contributed by atoms with E-state index in [2.05, 4.69) is 70.1 Å². The molecule has 0 atom stereocenters. The molecule has 0 amide bonds. The number of pyridine rings is 1. The van der Waals surface area contributed by atoms with E-state index in [9.17, 15) is 0 Å². The van der Waals surface area contributed by atoms with Crippen molar-refractivity contribution in [3.8, 4) is 31.6 Å². The Morgan fingerprint density at radius 1 is 0.848 bits per heavy atom. The minimum atomic E-state index is 0.691. The van der Waals surface area contributed by atoms with E-state index in [1.54, 1.807) is 22.7 Å². The molecule has 0 unspecified atom stereocenters. The van der Waals surface area contributed by atoms with Crippen molar-refractivity contribution in [2.75, 3.05) is 33.2 Å². The van der Waals surface area contributed by atoms with Crippen molar-refractivity contribution in [3.05, 3.63) is 64.3 Å². The smallest absolute Gasteiger partial charge is 0.178 e. The maximum atomic E-state index is 5.05. The summed E-state index contributed by atoms with van der Waals surface area (Å²) >= 11 is 5.23. The quantitative estimate of drug-likeness (QED) is 0.305. The predicted octanol–water partition coefficient (Wildman–Crippen LogP) is 5.96. The van der Waals surface area contributed by atoms with E-state index in [4.69, 9.17) is 15.0 Å². The molecule has 1 saturated heterocycles. The summed E-state index contributed by atoms with van der Waals surface area (Å²) in [6.07, 6.45) is 1.94. The molecule has 0 aromatic carbocycles. The molecule has 0 N–H and O–H groups in total. The number of nitrogens with zero attached hydrogens (tertiary/aromatic N) is 5. The van der Waals surface area contributed by atoms with Crippen LogP contribution in [0, 0.1) is 0 Å². The molecule has 1 fully saturated rings. The molecule has 166 valence electrons. The first kappa shape index (κ1) is 21.1. The SMILES string of the molecule is CN1CCN(Cc2ccc(-c3cnc4nc(-c5cccs5)c(-c5cccs5)nc4c3)s2)CC1. The Morgan fingerprint density at radius 2 is 1.58 bits per heavy atom. The lowest BCUT2D eigenvalue weighted by molar-refractivity contribution is 0.149. The Morgan fingerprint density at radius 3 is 2.27 bits per heavy atom. The second-order valence-electron chi connectivity index (χ2n) is 8.29. The Bertz CT molecular complexity index is 1370. The lowest BCUT2D eigenvalue weighted by Gasteiger charge is -2.31. The Balaban J connectivity index is 1.34. The molecule has 0 aliphatic carbocycles. The average molecular weight is 490 g/mol. The van der Waals surface area contributed by atoms with Crippen LogP contribution in [0.4, 0.5) is 0 Å². The van der Waals surface area contributed by atoms with E-state index in [1.165, 1.54) is 9.75 Å². The topological polar surface area (TPSA) is 45.2 Å². The van der Waals surface area contributed by atoms with Gasteiger partial charge in [-0.25, -0.2) is 15.0 Å². The zero-order valence-electron chi connectivity index (χ0n) is 18.3. The van der Waals surface area contributed by atoms with Crippen molar-refractivity contribution < 1.29 is 0 Å². The predicted molar refractivity (Wildman–Crippen MR) is 140 cm³/mol. The number of aromatic nitrogens is 3. The van der Waals surface area contributed by atoms with Crippen LogP contribution >= 0.6 is 34.0 Å². The fraction of sp³-hybridized carbons (Fsp3) is 0.240. The molecule has 6 heterocycles. The molecule has 33 heavy (non-hydrogen) atoms. The molecule has 0 radical (unpaired) electrons. The van der Waals surface area contributed by atoms with Crippen molar-refractivity contribution >= 4 is 45.2 Å². The van der Waals surface area contributed by atoms with E-state index in [0.29, 0.717) is 5.65 Å². The number of fused-ring (bicyclic) bond motifs is 1. The first-order valence-electron chi connectivity index (χ1n) is 11.0. The van der Waals surface area contributed by atoms with E-state index in [0.717, 1.165) is 64.9 Å². The summed E-state index contributed by atoms with van der Waals surface area (Å²) < 4.78 is 0. The van der Waals surface area contributed by atoms with Crippen LogP contribution in [0.15, 0.2) is 59.4 Å². The van der Waals surface area contributed by atoms with Crippen molar-refractivity contribution in [1.82, 2.24) is 24.8 Å². The van der Waals surface area contributed by atoms with Crippen LogP contribution in [0.1, 0.15) is 4.88 Å². The third-order valence-electron chi connectivity index (χ3n) is 5.95. The maximum Gasteiger partial charge on any atom is 0.178 e.